The van der Waals surface area contributed by atoms with E-state index in [4.69, 9.17) is 0 Å². The van der Waals surface area contributed by atoms with Crippen molar-refractivity contribution in [1.29, 1.82) is 0 Å². The first-order valence-electron chi connectivity index (χ1n) is 7.09. The number of aromatic hydroxyl groups is 2. The topological polar surface area (TPSA) is 80.9 Å². The summed E-state index contributed by atoms with van der Waals surface area (Å²) in [7, 11) is 0. The van der Waals surface area contributed by atoms with Crippen molar-refractivity contribution in [3.8, 4) is 11.5 Å². The van der Waals surface area contributed by atoms with E-state index < -0.39 is 0 Å². The number of phenolic OH excluding ortho intramolecular Hbond substituents is 2. The molecule has 0 atom stereocenters. The molecule has 0 amide bonds. The molecule has 0 bridgehead atoms. The Labute approximate surface area is 129 Å². The van der Waals surface area contributed by atoms with E-state index in [0.717, 1.165) is 22.3 Å². The average molecular weight is 300 g/mol. The van der Waals surface area contributed by atoms with E-state index in [9.17, 15) is 20.4 Å². The van der Waals surface area contributed by atoms with E-state index >= 15 is 0 Å². The fourth-order valence-corrected chi connectivity index (χ4v) is 2.41. The zero-order valence-corrected chi connectivity index (χ0v) is 12.2. The minimum atomic E-state index is -0.162. The molecule has 0 saturated heterocycles. The van der Waals surface area contributed by atoms with Crippen LogP contribution in [0.1, 0.15) is 11.1 Å². The Morgan fingerprint density at radius 3 is 1.41 bits per heavy atom. The van der Waals surface area contributed by atoms with Gasteiger partial charge in [0.2, 0.25) is 0 Å². The lowest BCUT2D eigenvalue weighted by Gasteiger charge is -2.13. The molecule has 0 radical (unpaired) electrons. The first kappa shape index (κ1) is 16.1. The number of aliphatic hydroxyl groups excluding tert-OH is 2. The van der Waals surface area contributed by atoms with Crippen LogP contribution in [0, 0.1) is 0 Å². The fraction of sp³-hybridized carbons (Fsp3) is 0.222. The largest absolute Gasteiger partial charge is 0.508 e. The molecule has 22 heavy (non-hydrogen) atoms. The third-order valence-electron chi connectivity index (χ3n) is 3.54. The Balaban J connectivity index is 2.24. The van der Waals surface area contributed by atoms with Gasteiger partial charge in [0.1, 0.15) is 11.5 Å². The second-order valence-electron chi connectivity index (χ2n) is 5.22. The van der Waals surface area contributed by atoms with Crippen LogP contribution in [0.2, 0.25) is 0 Å². The Hall–Kier alpha value is -2.30. The predicted octanol–water partition coefficient (Wildman–Crippen LogP) is 2.16. The molecule has 4 heteroatoms. The Morgan fingerprint density at radius 2 is 1.09 bits per heavy atom. The maximum atomic E-state index is 9.61. The average Bonchev–Trinajstić information content (AvgIpc) is 2.51. The number of benzene rings is 2. The summed E-state index contributed by atoms with van der Waals surface area (Å²) < 4.78 is 0. The van der Waals surface area contributed by atoms with Crippen LogP contribution >= 0.6 is 0 Å². The van der Waals surface area contributed by atoms with Crippen molar-refractivity contribution in [2.75, 3.05) is 13.2 Å². The summed E-state index contributed by atoms with van der Waals surface area (Å²) in [5.74, 6) is 0.349. The quantitative estimate of drug-likeness (QED) is 0.616. The summed E-state index contributed by atoms with van der Waals surface area (Å²) in [5.41, 5.74) is 3.17. The number of rotatable bonds is 6. The number of phenols is 2. The Morgan fingerprint density at radius 1 is 0.682 bits per heavy atom. The SMILES string of the molecule is OC/C(Cc1cccc(O)c1)=C(\CO)Cc1cccc(O)c1. The van der Waals surface area contributed by atoms with E-state index in [1.807, 2.05) is 12.1 Å². The molecule has 0 aliphatic rings. The second-order valence-corrected chi connectivity index (χ2v) is 5.22. The molecule has 4 N–H and O–H groups in total. The van der Waals surface area contributed by atoms with Gasteiger partial charge in [-0.15, -0.1) is 0 Å². The number of hydrogen-bond donors (Lipinski definition) is 4. The molecule has 116 valence electrons. The summed E-state index contributed by atoms with van der Waals surface area (Å²) >= 11 is 0. The Bertz CT molecular complexity index is 604. The standard InChI is InChI=1S/C18H20O4/c19-11-15(7-13-3-1-5-17(21)9-13)16(12-20)8-14-4-2-6-18(22)10-14/h1-6,9-10,19-22H,7-8,11-12H2/b16-15-. The molecule has 0 aliphatic heterocycles. The van der Waals surface area contributed by atoms with Crippen molar-refractivity contribution in [3.05, 3.63) is 70.8 Å². The van der Waals surface area contributed by atoms with Gasteiger partial charge in [0.25, 0.3) is 0 Å². The molecular weight excluding hydrogens is 280 g/mol. The Kier molecular flexibility index (Phi) is 5.58. The van der Waals surface area contributed by atoms with Gasteiger partial charge in [-0.2, -0.15) is 0 Å². The third kappa shape index (κ3) is 4.35. The van der Waals surface area contributed by atoms with Gasteiger partial charge in [-0.1, -0.05) is 24.3 Å². The molecule has 0 aliphatic carbocycles. The van der Waals surface area contributed by atoms with Gasteiger partial charge in [-0.05, 0) is 59.4 Å². The highest BCUT2D eigenvalue weighted by Gasteiger charge is 2.09. The van der Waals surface area contributed by atoms with Crippen molar-refractivity contribution in [1.82, 2.24) is 0 Å². The van der Waals surface area contributed by atoms with E-state index in [1.165, 1.54) is 0 Å². The van der Waals surface area contributed by atoms with Crippen LogP contribution in [-0.2, 0) is 12.8 Å². The zero-order valence-electron chi connectivity index (χ0n) is 12.2. The van der Waals surface area contributed by atoms with Crippen LogP contribution in [0.15, 0.2) is 59.7 Å². The lowest BCUT2D eigenvalue weighted by Crippen LogP contribution is -2.07. The van der Waals surface area contributed by atoms with Crippen molar-refractivity contribution in [2.24, 2.45) is 0 Å². The zero-order chi connectivity index (χ0) is 15.9. The summed E-state index contributed by atoms with van der Waals surface area (Å²) in [6, 6.07) is 13.7. The summed E-state index contributed by atoms with van der Waals surface area (Å²) in [6.07, 6.45) is 0.916. The molecule has 2 rings (SSSR count). The minimum Gasteiger partial charge on any atom is -0.508 e. The molecular formula is C18H20O4. The molecule has 0 fully saturated rings. The van der Waals surface area contributed by atoms with Gasteiger partial charge < -0.3 is 20.4 Å². The van der Waals surface area contributed by atoms with Crippen LogP contribution in [0.3, 0.4) is 0 Å². The number of aliphatic hydroxyl groups is 2. The molecule has 2 aromatic rings. The monoisotopic (exact) mass is 300 g/mol. The third-order valence-corrected chi connectivity index (χ3v) is 3.54. The van der Waals surface area contributed by atoms with Gasteiger partial charge >= 0.3 is 0 Å². The molecule has 0 spiro atoms. The highest BCUT2D eigenvalue weighted by atomic mass is 16.3. The summed E-state index contributed by atoms with van der Waals surface area (Å²) in [6.45, 7) is -0.325. The molecule has 0 aromatic heterocycles. The van der Waals surface area contributed by atoms with Crippen LogP contribution in [0.4, 0.5) is 0 Å². The van der Waals surface area contributed by atoms with Crippen molar-refractivity contribution in [2.45, 2.75) is 12.8 Å². The fourth-order valence-electron chi connectivity index (χ4n) is 2.41. The molecule has 2 aromatic carbocycles. The summed E-state index contributed by atoms with van der Waals surface area (Å²) in [4.78, 5) is 0. The molecule has 0 unspecified atom stereocenters. The van der Waals surface area contributed by atoms with Gasteiger partial charge in [-0.25, -0.2) is 0 Å². The maximum absolute atomic E-state index is 9.61. The van der Waals surface area contributed by atoms with Crippen LogP contribution < -0.4 is 0 Å². The lowest BCUT2D eigenvalue weighted by molar-refractivity contribution is 0.307. The second kappa shape index (κ2) is 7.64. The normalized spacial score (nSPS) is 12.1. The molecule has 4 nitrogen and oxygen atoms in total. The number of hydrogen-bond acceptors (Lipinski definition) is 4. The van der Waals surface area contributed by atoms with E-state index in [-0.39, 0.29) is 24.7 Å². The molecule has 0 heterocycles. The van der Waals surface area contributed by atoms with Crippen molar-refractivity contribution < 1.29 is 20.4 Å². The minimum absolute atomic E-state index is 0.162. The first-order valence-corrected chi connectivity index (χ1v) is 7.09. The van der Waals surface area contributed by atoms with Crippen molar-refractivity contribution >= 4 is 0 Å². The van der Waals surface area contributed by atoms with Crippen molar-refractivity contribution in [3.63, 3.8) is 0 Å². The predicted molar refractivity (Wildman–Crippen MR) is 84.8 cm³/mol. The van der Waals surface area contributed by atoms with Gasteiger partial charge in [0.15, 0.2) is 0 Å². The van der Waals surface area contributed by atoms with Crippen LogP contribution in [0.5, 0.6) is 11.5 Å². The van der Waals surface area contributed by atoms with Gasteiger partial charge in [0.05, 0.1) is 13.2 Å². The van der Waals surface area contributed by atoms with Crippen LogP contribution in [0.25, 0.3) is 0 Å². The summed E-state index contributed by atoms with van der Waals surface area (Å²) in [5, 5.41) is 38.2. The highest BCUT2D eigenvalue weighted by Crippen LogP contribution is 2.20. The first-order chi connectivity index (χ1) is 10.6. The van der Waals surface area contributed by atoms with E-state index in [2.05, 4.69) is 0 Å². The lowest BCUT2D eigenvalue weighted by atomic mass is 9.96. The van der Waals surface area contributed by atoms with E-state index in [1.54, 1.807) is 36.4 Å². The molecule has 0 saturated carbocycles. The smallest absolute Gasteiger partial charge is 0.115 e. The van der Waals surface area contributed by atoms with Crippen LogP contribution in [-0.4, -0.2) is 33.6 Å². The highest BCUT2D eigenvalue weighted by molar-refractivity contribution is 5.35. The van der Waals surface area contributed by atoms with Gasteiger partial charge in [-0.3, -0.25) is 0 Å². The maximum Gasteiger partial charge on any atom is 0.115 e. The van der Waals surface area contributed by atoms with E-state index in [0.29, 0.717) is 12.8 Å². The van der Waals surface area contributed by atoms with Gasteiger partial charge in [0, 0.05) is 0 Å².